The van der Waals surface area contributed by atoms with E-state index >= 15 is 0 Å². The first-order chi connectivity index (χ1) is 8.90. The Morgan fingerprint density at radius 1 is 1.37 bits per heavy atom. The highest BCUT2D eigenvalue weighted by Gasteiger charge is 2.19. The SMILES string of the molecule is CCNCc1cc(S(=O)(=O)NCC(F)F)cn1CC. The fourth-order valence-corrected chi connectivity index (χ4v) is 2.69. The molecular weight excluding hydrogens is 276 g/mol. The van der Waals surface area contributed by atoms with Crippen molar-refractivity contribution >= 4 is 10.0 Å². The lowest BCUT2D eigenvalue weighted by atomic mass is 10.4. The van der Waals surface area contributed by atoms with E-state index in [0.29, 0.717) is 13.1 Å². The Labute approximate surface area is 112 Å². The third-order valence-corrected chi connectivity index (χ3v) is 3.99. The zero-order valence-electron chi connectivity index (χ0n) is 11.0. The maximum Gasteiger partial charge on any atom is 0.251 e. The van der Waals surface area contributed by atoms with Crippen molar-refractivity contribution in [3.63, 3.8) is 0 Å². The monoisotopic (exact) mass is 295 g/mol. The number of sulfonamides is 1. The minimum atomic E-state index is -3.87. The molecule has 0 atom stereocenters. The van der Waals surface area contributed by atoms with Crippen molar-refractivity contribution in [2.24, 2.45) is 0 Å². The van der Waals surface area contributed by atoms with Crippen molar-refractivity contribution in [3.8, 4) is 0 Å². The van der Waals surface area contributed by atoms with Crippen molar-refractivity contribution in [2.45, 2.75) is 38.3 Å². The van der Waals surface area contributed by atoms with E-state index in [0.717, 1.165) is 12.2 Å². The molecule has 19 heavy (non-hydrogen) atoms. The fraction of sp³-hybridized carbons (Fsp3) is 0.636. The van der Waals surface area contributed by atoms with E-state index in [1.54, 1.807) is 4.57 Å². The minimum absolute atomic E-state index is 0.0166. The van der Waals surface area contributed by atoms with E-state index < -0.39 is 23.0 Å². The van der Waals surface area contributed by atoms with Crippen LogP contribution in [-0.4, -0.2) is 32.5 Å². The van der Waals surface area contributed by atoms with Crippen molar-refractivity contribution in [3.05, 3.63) is 18.0 Å². The summed E-state index contributed by atoms with van der Waals surface area (Å²) in [6.07, 6.45) is -1.25. The maximum atomic E-state index is 12.1. The van der Waals surface area contributed by atoms with Gasteiger partial charge in [0.2, 0.25) is 10.0 Å². The first-order valence-electron chi connectivity index (χ1n) is 6.08. The molecule has 0 aromatic carbocycles. The second-order valence-electron chi connectivity index (χ2n) is 3.98. The molecule has 2 N–H and O–H groups in total. The van der Waals surface area contributed by atoms with Gasteiger partial charge in [0.05, 0.1) is 11.4 Å². The number of rotatable bonds is 8. The molecule has 0 radical (unpaired) electrons. The Hall–Kier alpha value is -0.990. The highest BCUT2D eigenvalue weighted by molar-refractivity contribution is 7.89. The normalized spacial score (nSPS) is 12.3. The van der Waals surface area contributed by atoms with Gasteiger partial charge in [0, 0.05) is 25.0 Å². The van der Waals surface area contributed by atoms with Gasteiger partial charge in [0.1, 0.15) is 0 Å². The number of hydrogen-bond donors (Lipinski definition) is 2. The van der Waals surface area contributed by atoms with Gasteiger partial charge in [-0.2, -0.15) is 0 Å². The zero-order valence-corrected chi connectivity index (χ0v) is 11.8. The quantitative estimate of drug-likeness (QED) is 0.756. The van der Waals surface area contributed by atoms with Gasteiger partial charge in [0.15, 0.2) is 0 Å². The summed E-state index contributed by atoms with van der Waals surface area (Å²) in [6, 6.07) is 1.50. The van der Waals surface area contributed by atoms with Crippen LogP contribution >= 0.6 is 0 Å². The summed E-state index contributed by atoms with van der Waals surface area (Å²) in [5.41, 5.74) is 0.807. The van der Waals surface area contributed by atoms with E-state index in [-0.39, 0.29) is 4.90 Å². The van der Waals surface area contributed by atoms with Crippen molar-refractivity contribution in [1.82, 2.24) is 14.6 Å². The Balaban J connectivity index is 2.91. The molecule has 1 rings (SSSR count). The summed E-state index contributed by atoms with van der Waals surface area (Å²) < 4.78 is 51.4. The molecule has 0 fully saturated rings. The van der Waals surface area contributed by atoms with E-state index in [1.165, 1.54) is 12.3 Å². The first-order valence-corrected chi connectivity index (χ1v) is 7.56. The van der Waals surface area contributed by atoms with E-state index in [1.807, 2.05) is 18.6 Å². The lowest BCUT2D eigenvalue weighted by Crippen LogP contribution is -2.28. The smallest absolute Gasteiger partial charge is 0.251 e. The highest BCUT2D eigenvalue weighted by atomic mass is 32.2. The molecule has 110 valence electrons. The molecule has 0 unspecified atom stereocenters. The zero-order chi connectivity index (χ0) is 14.5. The van der Waals surface area contributed by atoms with Gasteiger partial charge >= 0.3 is 0 Å². The van der Waals surface area contributed by atoms with Crippen molar-refractivity contribution in [2.75, 3.05) is 13.1 Å². The summed E-state index contributed by atoms with van der Waals surface area (Å²) in [5.74, 6) is 0. The molecule has 0 aliphatic rings. The predicted octanol–water partition coefficient (Wildman–Crippen LogP) is 1.16. The molecule has 0 spiro atoms. The van der Waals surface area contributed by atoms with Crippen LogP contribution in [0, 0.1) is 0 Å². The van der Waals surface area contributed by atoms with Crippen LogP contribution in [0.1, 0.15) is 19.5 Å². The largest absolute Gasteiger partial charge is 0.349 e. The molecule has 8 heteroatoms. The second kappa shape index (κ2) is 6.97. The first kappa shape index (κ1) is 16.1. The molecule has 5 nitrogen and oxygen atoms in total. The molecule has 0 amide bonds. The Kier molecular flexibility index (Phi) is 5.89. The second-order valence-corrected chi connectivity index (χ2v) is 5.74. The summed E-state index contributed by atoms with van der Waals surface area (Å²) in [5, 5.41) is 3.10. The van der Waals surface area contributed by atoms with Crippen LogP contribution in [0.15, 0.2) is 17.2 Å². The van der Waals surface area contributed by atoms with Gasteiger partial charge in [-0.1, -0.05) is 6.92 Å². The van der Waals surface area contributed by atoms with Crippen molar-refractivity contribution in [1.29, 1.82) is 0 Å². The van der Waals surface area contributed by atoms with Crippen LogP contribution < -0.4 is 10.0 Å². The topological polar surface area (TPSA) is 63.1 Å². The van der Waals surface area contributed by atoms with Gasteiger partial charge in [-0.05, 0) is 19.5 Å². The number of alkyl halides is 2. The average Bonchev–Trinajstić information content (AvgIpc) is 2.78. The van der Waals surface area contributed by atoms with Crippen LogP contribution in [0.25, 0.3) is 0 Å². The summed E-state index contributed by atoms with van der Waals surface area (Å²) in [7, 11) is -3.87. The Bertz CT molecular complexity index is 500. The molecule has 0 aliphatic heterocycles. The molecule has 1 aromatic rings. The maximum absolute atomic E-state index is 12.1. The average molecular weight is 295 g/mol. The van der Waals surface area contributed by atoms with E-state index in [2.05, 4.69) is 5.32 Å². The molecule has 1 aromatic heterocycles. The number of hydrogen-bond acceptors (Lipinski definition) is 3. The van der Waals surface area contributed by atoms with Gasteiger partial charge < -0.3 is 9.88 Å². The van der Waals surface area contributed by atoms with Gasteiger partial charge in [-0.25, -0.2) is 21.9 Å². The van der Waals surface area contributed by atoms with Gasteiger partial charge in [-0.3, -0.25) is 0 Å². The Morgan fingerprint density at radius 2 is 2.05 bits per heavy atom. The number of aromatic nitrogens is 1. The van der Waals surface area contributed by atoms with Crippen LogP contribution in [0.5, 0.6) is 0 Å². The van der Waals surface area contributed by atoms with E-state index in [9.17, 15) is 17.2 Å². The van der Waals surface area contributed by atoms with Gasteiger partial charge in [0.25, 0.3) is 6.43 Å². The van der Waals surface area contributed by atoms with Crippen LogP contribution in [0.3, 0.4) is 0 Å². The molecule has 0 saturated carbocycles. The summed E-state index contributed by atoms with van der Waals surface area (Å²) in [6.45, 7) is 4.88. The van der Waals surface area contributed by atoms with Gasteiger partial charge in [-0.15, -0.1) is 0 Å². The van der Waals surface area contributed by atoms with Crippen LogP contribution in [0.4, 0.5) is 8.78 Å². The number of halogens is 2. The predicted molar refractivity (Wildman–Crippen MR) is 68.7 cm³/mol. The lowest BCUT2D eigenvalue weighted by Gasteiger charge is -2.05. The standard InChI is InChI=1S/C11H19F2N3O2S/c1-3-14-6-9-5-10(8-16(9)4-2)19(17,18)15-7-11(12)13/h5,8,11,14-15H,3-4,6-7H2,1-2H3. The summed E-state index contributed by atoms with van der Waals surface area (Å²) >= 11 is 0. The lowest BCUT2D eigenvalue weighted by molar-refractivity contribution is 0.153. The van der Waals surface area contributed by atoms with Crippen LogP contribution in [0.2, 0.25) is 0 Å². The minimum Gasteiger partial charge on any atom is -0.349 e. The fourth-order valence-electron chi connectivity index (χ4n) is 1.62. The third kappa shape index (κ3) is 4.55. The third-order valence-electron chi connectivity index (χ3n) is 2.60. The Morgan fingerprint density at radius 3 is 2.58 bits per heavy atom. The number of nitrogens with one attached hydrogen (secondary N) is 2. The molecule has 0 aliphatic carbocycles. The highest BCUT2D eigenvalue weighted by Crippen LogP contribution is 2.14. The number of nitrogens with zero attached hydrogens (tertiary/aromatic N) is 1. The van der Waals surface area contributed by atoms with Crippen LogP contribution in [-0.2, 0) is 23.1 Å². The van der Waals surface area contributed by atoms with E-state index in [4.69, 9.17) is 0 Å². The number of aryl methyl sites for hydroxylation is 1. The summed E-state index contributed by atoms with van der Waals surface area (Å²) in [4.78, 5) is 0.0166. The molecular formula is C11H19F2N3O2S. The van der Waals surface area contributed by atoms with Crippen molar-refractivity contribution < 1.29 is 17.2 Å². The molecule has 1 heterocycles. The molecule has 0 bridgehead atoms. The molecule has 0 saturated heterocycles.